The molecule has 2 aliphatic rings. The van der Waals surface area contributed by atoms with E-state index in [4.69, 9.17) is 4.74 Å². The second kappa shape index (κ2) is 10.8. The number of ether oxygens (including phenoxy) is 1. The van der Waals surface area contributed by atoms with Crippen LogP contribution in [0.4, 0.5) is 18.9 Å². The van der Waals surface area contributed by atoms with Crippen LogP contribution in [0.15, 0.2) is 42.5 Å². The van der Waals surface area contributed by atoms with Gasteiger partial charge in [-0.25, -0.2) is 0 Å². The van der Waals surface area contributed by atoms with Crippen LogP contribution in [0.25, 0.3) is 0 Å². The number of nitrogens with zero attached hydrogens (tertiary/aromatic N) is 2. The number of hydrogen-bond acceptors (Lipinski definition) is 4. The van der Waals surface area contributed by atoms with Gasteiger partial charge in [0.1, 0.15) is 0 Å². The van der Waals surface area contributed by atoms with Crippen LogP contribution in [0.5, 0.6) is 0 Å². The smallest absolute Gasteiger partial charge is 0.381 e. The molecule has 0 atom stereocenters. The first kappa shape index (κ1) is 24.5. The number of carbonyl (C=O) groups excluding carboxylic acids is 1. The van der Waals surface area contributed by atoms with Crippen molar-refractivity contribution >= 4 is 11.6 Å². The molecule has 0 aromatic heterocycles. The highest BCUT2D eigenvalue weighted by Gasteiger charge is 2.35. The third-order valence-corrected chi connectivity index (χ3v) is 6.84. The van der Waals surface area contributed by atoms with Crippen molar-refractivity contribution in [1.29, 1.82) is 0 Å². The number of benzene rings is 2. The Labute approximate surface area is 198 Å². The van der Waals surface area contributed by atoms with Gasteiger partial charge in [-0.3, -0.25) is 9.69 Å². The van der Waals surface area contributed by atoms with Crippen molar-refractivity contribution in [1.82, 2.24) is 9.80 Å². The van der Waals surface area contributed by atoms with Crippen molar-refractivity contribution in [2.24, 2.45) is 0 Å². The van der Waals surface area contributed by atoms with Gasteiger partial charge >= 0.3 is 6.18 Å². The lowest BCUT2D eigenvalue weighted by Crippen LogP contribution is -2.45. The first-order chi connectivity index (χ1) is 16.4. The van der Waals surface area contributed by atoms with E-state index in [1.165, 1.54) is 23.3 Å². The fourth-order valence-electron chi connectivity index (χ4n) is 4.88. The molecule has 184 valence electrons. The second-order valence-corrected chi connectivity index (χ2v) is 8.94. The molecule has 2 aromatic rings. The van der Waals surface area contributed by atoms with Crippen molar-refractivity contribution in [2.45, 2.75) is 51.5 Å². The minimum absolute atomic E-state index is 0.0358. The largest absolute Gasteiger partial charge is 0.416 e. The van der Waals surface area contributed by atoms with Gasteiger partial charge in [-0.1, -0.05) is 37.3 Å². The lowest BCUT2D eigenvalue weighted by atomic mass is 9.98. The van der Waals surface area contributed by atoms with Gasteiger partial charge in [0.15, 0.2) is 0 Å². The number of carbonyl (C=O) groups is 1. The Morgan fingerprint density at radius 2 is 1.91 bits per heavy atom. The average molecular weight is 476 g/mol. The van der Waals surface area contributed by atoms with Crippen LogP contribution < -0.4 is 5.32 Å². The maximum atomic E-state index is 13.6. The fourth-order valence-corrected chi connectivity index (χ4v) is 4.88. The minimum Gasteiger partial charge on any atom is -0.381 e. The normalized spacial score (nSPS) is 17.3. The van der Waals surface area contributed by atoms with Crippen molar-refractivity contribution in [3.8, 4) is 0 Å². The Balaban J connectivity index is 1.53. The third kappa shape index (κ3) is 5.73. The molecule has 8 heteroatoms. The number of rotatable bonds is 7. The molecule has 0 saturated carbocycles. The molecule has 0 bridgehead atoms. The van der Waals surface area contributed by atoms with Crippen LogP contribution in [0.2, 0.25) is 0 Å². The summed E-state index contributed by atoms with van der Waals surface area (Å²) in [5.74, 6) is -0.204. The van der Waals surface area contributed by atoms with Gasteiger partial charge in [0.25, 0.3) is 0 Å². The number of likely N-dealkylation sites (N-methyl/N-ethyl adjacent to an activating group) is 1. The molecule has 2 aromatic carbocycles. The number of fused-ring (bicyclic) bond motifs is 1. The van der Waals surface area contributed by atoms with E-state index in [2.05, 4.69) is 23.2 Å². The summed E-state index contributed by atoms with van der Waals surface area (Å²) in [6.07, 6.45) is -2.26. The molecule has 0 aliphatic carbocycles. The zero-order valence-electron chi connectivity index (χ0n) is 19.5. The predicted molar refractivity (Wildman–Crippen MR) is 125 cm³/mol. The van der Waals surface area contributed by atoms with Crippen molar-refractivity contribution in [3.63, 3.8) is 0 Å². The maximum Gasteiger partial charge on any atom is 0.416 e. The van der Waals surface area contributed by atoms with Crippen LogP contribution in [0.1, 0.15) is 42.0 Å². The number of amides is 1. The summed E-state index contributed by atoms with van der Waals surface area (Å²) in [7, 11) is 0. The van der Waals surface area contributed by atoms with Gasteiger partial charge in [-0.05, 0) is 54.6 Å². The lowest BCUT2D eigenvalue weighted by molar-refractivity contribution is -0.141. The topological polar surface area (TPSA) is 44.8 Å². The van der Waals surface area contributed by atoms with Gasteiger partial charge in [0, 0.05) is 44.6 Å². The summed E-state index contributed by atoms with van der Waals surface area (Å²) in [5.41, 5.74) is 2.83. The monoisotopic (exact) mass is 475 g/mol. The number of alkyl halides is 3. The SMILES string of the molecule is CCN1CCc2cccc(NCC(=O)N(Cc3ccccc3C(F)(F)F)C3CCOCC3)c2C1. The number of hydrogen-bond donors (Lipinski definition) is 1. The van der Waals surface area contributed by atoms with Crippen LogP contribution in [0.3, 0.4) is 0 Å². The Bertz CT molecular complexity index is 989. The first-order valence-electron chi connectivity index (χ1n) is 12.0. The fraction of sp³-hybridized carbons (Fsp3) is 0.500. The van der Waals surface area contributed by atoms with E-state index in [1.54, 1.807) is 11.0 Å². The van der Waals surface area contributed by atoms with Crippen LogP contribution in [0, 0.1) is 0 Å². The number of halogens is 3. The summed E-state index contributed by atoms with van der Waals surface area (Å²) in [5, 5.41) is 3.30. The molecule has 4 rings (SSSR count). The summed E-state index contributed by atoms with van der Waals surface area (Å²) in [6.45, 7) is 5.90. The Kier molecular flexibility index (Phi) is 7.78. The molecule has 34 heavy (non-hydrogen) atoms. The highest BCUT2D eigenvalue weighted by Crippen LogP contribution is 2.33. The Morgan fingerprint density at radius 3 is 2.65 bits per heavy atom. The second-order valence-electron chi connectivity index (χ2n) is 8.94. The highest BCUT2D eigenvalue weighted by atomic mass is 19.4. The van der Waals surface area contributed by atoms with Gasteiger partial charge in [0.05, 0.1) is 12.1 Å². The molecule has 1 amide bonds. The molecule has 0 unspecified atom stereocenters. The van der Waals surface area contributed by atoms with Crippen molar-refractivity contribution in [3.05, 3.63) is 64.7 Å². The van der Waals surface area contributed by atoms with E-state index in [-0.39, 0.29) is 30.6 Å². The first-order valence-corrected chi connectivity index (χ1v) is 12.0. The van der Waals surface area contributed by atoms with Crippen molar-refractivity contribution in [2.75, 3.05) is 38.2 Å². The zero-order valence-corrected chi connectivity index (χ0v) is 19.5. The summed E-state index contributed by atoms with van der Waals surface area (Å²) in [6, 6.07) is 11.4. The van der Waals surface area contributed by atoms with E-state index >= 15 is 0 Å². The highest BCUT2D eigenvalue weighted by molar-refractivity contribution is 5.81. The molecule has 2 heterocycles. The quantitative estimate of drug-likeness (QED) is 0.631. The third-order valence-electron chi connectivity index (χ3n) is 6.84. The molecule has 0 spiro atoms. The number of anilines is 1. The molecular formula is C26H32F3N3O2. The van der Waals surface area contributed by atoms with Crippen LogP contribution >= 0.6 is 0 Å². The van der Waals surface area contributed by atoms with Crippen LogP contribution in [-0.2, 0) is 35.2 Å². The van der Waals surface area contributed by atoms with Crippen molar-refractivity contribution < 1.29 is 22.7 Å². The Morgan fingerprint density at radius 1 is 1.15 bits per heavy atom. The molecule has 1 saturated heterocycles. The molecule has 5 nitrogen and oxygen atoms in total. The van der Waals surface area contributed by atoms with Gasteiger partial charge < -0.3 is 15.0 Å². The van der Waals surface area contributed by atoms with Crippen LogP contribution in [-0.4, -0.2) is 54.6 Å². The standard InChI is InChI=1S/C26H32F3N3O2/c1-2-31-13-10-19-7-5-9-24(22(19)18-31)30-16-25(33)32(21-11-14-34-15-12-21)17-20-6-3-4-8-23(20)26(27,28)29/h3-9,21,30H,2,10-18H2,1H3. The van der Waals surface area contributed by atoms with Gasteiger partial charge in [-0.15, -0.1) is 0 Å². The summed E-state index contributed by atoms with van der Waals surface area (Å²) >= 11 is 0. The lowest BCUT2D eigenvalue weighted by Gasteiger charge is -2.35. The molecular weight excluding hydrogens is 443 g/mol. The van der Waals surface area contributed by atoms with Gasteiger partial charge in [-0.2, -0.15) is 13.2 Å². The van der Waals surface area contributed by atoms with E-state index < -0.39 is 11.7 Å². The minimum atomic E-state index is -4.46. The molecule has 1 fully saturated rings. The van der Waals surface area contributed by atoms with Gasteiger partial charge in [0.2, 0.25) is 5.91 Å². The van der Waals surface area contributed by atoms with E-state index in [0.29, 0.717) is 26.1 Å². The molecule has 2 aliphatic heterocycles. The number of nitrogens with one attached hydrogen (secondary N) is 1. The average Bonchev–Trinajstić information content (AvgIpc) is 2.85. The predicted octanol–water partition coefficient (Wildman–Crippen LogP) is 4.70. The van der Waals surface area contributed by atoms with E-state index in [9.17, 15) is 18.0 Å². The molecule has 0 radical (unpaired) electrons. The summed E-state index contributed by atoms with van der Waals surface area (Å²) in [4.78, 5) is 17.4. The van der Waals surface area contributed by atoms with E-state index in [0.717, 1.165) is 37.8 Å². The zero-order chi connectivity index (χ0) is 24.1. The summed E-state index contributed by atoms with van der Waals surface area (Å²) < 4.78 is 46.2. The maximum absolute atomic E-state index is 13.6. The Hall–Kier alpha value is -2.58. The van der Waals surface area contributed by atoms with E-state index in [1.807, 2.05) is 12.1 Å². The molecule has 1 N–H and O–H groups in total.